The molecule has 104 valence electrons. The lowest BCUT2D eigenvalue weighted by atomic mass is 9.72. The van der Waals surface area contributed by atoms with Gasteiger partial charge in [0, 0.05) is 25.5 Å². The molecule has 2 aliphatic heterocycles. The highest BCUT2D eigenvalue weighted by Gasteiger charge is 2.66. The third-order valence-electron chi connectivity index (χ3n) is 4.38. The van der Waals surface area contributed by atoms with E-state index in [1.807, 2.05) is 5.94 Å². The van der Waals surface area contributed by atoms with E-state index in [-0.39, 0.29) is 12.4 Å². The quantitative estimate of drug-likeness (QED) is 0.527. The highest BCUT2D eigenvalue weighted by atomic mass is 16.8. The van der Waals surface area contributed by atoms with Crippen LogP contribution in [0.3, 0.4) is 0 Å². The fourth-order valence-electron chi connectivity index (χ4n) is 3.36. The van der Waals surface area contributed by atoms with Crippen molar-refractivity contribution in [1.29, 1.82) is 0 Å². The van der Waals surface area contributed by atoms with E-state index in [0.29, 0.717) is 25.2 Å². The van der Waals surface area contributed by atoms with Crippen molar-refractivity contribution in [3.63, 3.8) is 0 Å². The Morgan fingerprint density at radius 3 is 2.63 bits per heavy atom. The zero-order chi connectivity index (χ0) is 13.7. The maximum Gasteiger partial charge on any atom is 0.312 e. The fraction of sp³-hybridized carbons (Fsp3) is 0.769. The molecule has 0 spiro atoms. The summed E-state index contributed by atoms with van der Waals surface area (Å²) in [6.45, 7) is 2.66. The van der Waals surface area contributed by atoms with Crippen molar-refractivity contribution in [3.05, 3.63) is 5.57 Å². The van der Waals surface area contributed by atoms with Crippen LogP contribution in [0.25, 0.3) is 0 Å². The van der Waals surface area contributed by atoms with E-state index in [9.17, 15) is 9.59 Å². The van der Waals surface area contributed by atoms with Gasteiger partial charge in [0.25, 0.3) is 0 Å². The molecule has 19 heavy (non-hydrogen) atoms. The summed E-state index contributed by atoms with van der Waals surface area (Å²) in [5, 5.41) is 0. The van der Waals surface area contributed by atoms with Gasteiger partial charge < -0.3 is 18.9 Å². The third-order valence-corrected chi connectivity index (χ3v) is 4.38. The van der Waals surface area contributed by atoms with Crippen molar-refractivity contribution in [2.24, 2.45) is 5.92 Å². The second kappa shape index (κ2) is 4.15. The molecular weight excluding hydrogens is 252 g/mol. The van der Waals surface area contributed by atoms with E-state index in [1.165, 1.54) is 7.11 Å². The number of rotatable bonds is 2. The summed E-state index contributed by atoms with van der Waals surface area (Å²) in [6, 6.07) is 0. The Morgan fingerprint density at radius 1 is 1.37 bits per heavy atom. The van der Waals surface area contributed by atoms with Crippen LogP contribution in [0.4, 0.5) is 0 Å². The predicted molar refractivity (Wildman–Crippen MR) is 61.9 cm³/mol. The van der Waals surface area contributed by atoms with Crippen LogP contribution in [0, 0.1) is 5.92 Å². The lowest BCUT2D eigenvalue weighted by molar-refractivity contribution is -0.258. The van der Waals surface area contributed by atoms with Crippen LogP contribution in [0.2, 0.25) is 0 Å². The lowest BCUT2D eigenvalue weighted by Gasteiger charge is -2.42. The number of esters is 1. The van der Waals surface area contributed by atoms with Gasteiger partial charge in [-0.15, -0.1) is 0 Å². The van der Waals surface area contributed by atoms with Crippen molar-refractivity contribution in [2.45, 2.75) is 37.3 Å². The first-order valence-electron chi connectivity index (χ1n) is 6.33. The largest absolute Gasteiger partial charge is 0.453 e. The van der Waals surface area contributed by atoms with Gasteiger partial charge >= 0.3 is 5.97 Å². The van der Waals surface area contributed by atoms with Gasteiger partial charge in [-0.25, -0.2) is 4.79 Å². The molecule has 2 saturated heterocycles. The van der Waals surface area contributed by atoms with Gasteiger partial charge in [-0.05, 0) is 6.92 Å². The molecule has 0 aromatic rings. The van der Waals surface area contributed by atoms with Gasteiger partial charge in [-0.1, -0.05) is 0 Å². The van der Waals surface area contributed by atoms with E-state index in [0.717, 1.165) is 0 Å². The van der Waals surface area contributed by atoms with Crippen LogP contribution in [-0.2, 0) is 28.5 Å². The molecule has 6 heteroatoms. The second-order valence-electron chi connectivity index (χ2n) is 5.33. The van der Waals surface area contributed by atoms with Gasteiger partial charge in [0.15, 0.2) is 5.60 Å². The zero-order valence-electron chi connectivity index (χ0n) is 10.9. The van der Waals surface area contributed by atoms with E-state index < -0.39 is 23.4 Å². The maximum atomic E-state index is 12.0. The minimum absolute atomic E-state index is 0.244. The van der Waals surface area contributed by atoms with Crippen molar-refractivity contribution in [2.75, 3.05) is 20.3 Å². The summed E-state index contributed by atoms with van der Waals surface area (Å²) in [7, 11) is 1.48. The van der Waals surface area contributed by atoms with Gasteiger partial charge in [-0.3, -0.25) is 4.79 Å². The van der Waals surface area contributed by atoms with Crippen LogP contribution < -0.4 is 0 Å². The number of fused-ring (bicyclic) bond motifs is 2. The average Bonchev–Trinajstić information content (AvgIpc) is 2.95. The van der Waals surface area contributed by atoms with E-state index in [4.69, 9.17) is 18.9 Å². The van der Waals surface area contributed by atoms with Crippen LogP contribution in [-0.4, -0.2) is 49.7 Å². The SMILES string of the molecule is COC1C(=C=O)CC2(C3(C)OCCO3)CC1C(=O)O2. The Morgan fingerprint density at radius 2 is 2.05 bits per heavy atom. The van der Waals surface area contributed by atoms with Crippen molar-refractivity contribution in [1.82, 2.24) is 0 Å². The number of hydrogen-bond donors (Lipinski definition) is 0. The Balaban J connectivity index is 2.01. The van der Waals surface area contributed by atoms with Gasteiger partial charge in [0.2, 0.25) is 5.79 Å². The molecule has 2 bridgehead atoms. The Bertz CT molecular complexity index is 460. The Kier molecular flexibility index (Phi) is 2.80. The number of ether oxygens (including phenoxy) is 4. The number of carbonyl (C=O) groups is 1. The van der Waals surface area contributed by atoms with E-state index >= 15 is 0 Å². The van der Waals surface area contributed by atoms with Crippen LogP contribution in [0.1, 0.15) is 19.8 Å². The number of methoxy groups -OCH3 is 1. The molecule has 1 aliphatic carbocycles. The summed E-state index contributed by atoms with van der Waals surface area (Å²) in [6.07, 6.45) is 0.130. The summed E-state index contributed by atoms with van der Waals surface area (Å²) in [5.74, 6) is 0.0386. The monoisotopic (exact) mass is 268 g/mol. The second-order valence-corrected chi connectivity index (χ2v) is 5.33. The summed E-state index contributed by atoms with van der Waals surface area (Å²) in [5.41, 5.74) is -0.530. The molecular formula is C13H16O6. The highest BCUT2D eigenvalue weighted by Crippen LogP contribution is 2.53. The molecule has 3 rings (SSSR count). The zero-order valence-corrected chi connectivity index (χ0v) is 10.9. The first-order chi connectivity index (χ1) is 9.05. The molecule has 0 radical (unpaired) electrons. The van der Waals surface area contributed by atoms with E-state index in [2.05, 4.69) is 0 Å². The van der Waals surface area contributed by atoms with Crippen LogP contribution >= 0.6 is 0 Å². The van der Waals surface area contributed by atoms with Gasteiger partial charge in [-0.2, -0.15) is 0 Å². The third kappa shape index (κ3) is 1.61. The predicted octanol–water partition coefficient (Wildman–Crippen LogP) is 0.228. The first kappa shape index (κ1) is 12.8. The molecule has 3 fully saturated rings. The summed E-state index contributed by atoms with van der Waals surface area (Å²) < 4.78 is 22.1. The summed E-state index contributed by atoms with van der Waals surface area (Å²) >= 11 is 0. The fourth-order valence-corrected chi connectivity index (χ4v) is 3.36. The smallest absolute Gasteiger partial charge is 0.312 e. The highest BCUT2D eigenvalue weighted by molar-refractivity contribution is 5.79. The molecule has 1 saturated carbocycles. The maximum absolute atomic E-state index is 12.0. The van der Waals surface area contributed by atoms with E-state index in [1.54, 1.807) is 6.92 Å². The van der Waals surface area contributed by atoms with Gasteiger partial charge in [0.05, 0.1) is 19.1 Å². The molecule has 0 N–H and O–H groups in total. The molecule has 3 atom stereocenters. The first-order valence-corrected chi connectivity index (χ1v) is 6.33. The Labute approximate surface area is 110 Å². The molecule has 6 nitrogen and oxygen atoms in total. The minimum atomic E-state index is -1.00. The standard InChI is InChI=1S/C13H16O6/c1-12(17-3-4-18-12)13-5-8(7-14)10(16-2)9(6-13)11(15)19-13/h9-10H,3-6H2,1-2H3. The molecule has 3 unspecified atom stereocenters. The van der Waals surface area contributed by atoms with Gasteiger partial charge in [0.1, 0.15) is 12.0 Å². The average molecular weight is 268 g/mol. The number of hydrogen-bond acceptors (Lipinski definition) is 6. The lowest BCUT2D eigenvalue weighted by Crippen LogP contribution is -2.55. The van der Waals surface area contributed by atoms with Crippen LogP contribution in [0.5, 0.6) is 0 Å². The summed E-state index contributed by atoms with van der Waals surface area (Å²) in [4.78, 5) is 23.2. The number of carbonyl (C=O) groups excluding carboxylic acids is 2. The minimum Gasteiger partial charge on any atom is -0.453 e. The van der Waals surface area contributed by atoms with Crippen molar-refractivity contribution in [3.8, 4) is 0 Å². The topological polar surface area (TPSA) is 71.1 Å². The normalized spacial score (nSPS) is 40.1. The van der Waals surface area contributed by atoms with Crippen molar-refractivity contribution >= 4 is 11.9 Å². The van der Waals surface area contributed by atoms with Crippen molar-refractivity contribution < 1.29 is 28.5 Å². The molecule has 0 aromatic carbocycles. The molecule has 2 heterocycles. The Hall–Kier alpha value is -1.20. The van der Waals surface area contributed by atoms with Crippen LogP contribution in [0.15, 0.2) is 5.57 Å². The molecule has 3 aliphatic rings. The molecule has 0 aromatic heterocycles. The molecule has 0 amide bonds.